The molecule has 0 unspecified atom stereocenters. The smallest absolute Gasteiger partial charge is 0.870 e. The number of hydrogen-bond donors (Lipinski definition) is 2. The predicted octanol–water partition coefficient (Wildman–Crippen LogP) is 3.46. The maximum absolute atomic E-state index is 13.4. The minimum Gasteiger partial charge on any atom is -0.870 e. The number of hydrogen-bond acceptors (Lipinski definition) is 7. The number of nitrogens with one attached hydrogen (secondary N) is 1. The minimum atomic E-state index is -4.76. The Morgan fingerprint density at radius 1 is 1.05 bits per heavy atom. The van der Waals surface area contributed by atoms with Gasteiger partial charge in [-0.25, -0.2) is 0 Å². The van der Waals surface area contributed by atoms with Crippen LogP contribution in [0.4, 0.5) is 17.1 Å². The number of anilines is 1. The van der Waals surface area contributed by atoms with E-state index in [-0.39, 0.29) is 56.5 Å². The first-order valence-corrected chi connectivity index (χ1v) is 12.8. The second-order valence-electron chi connectivity index (χ2n) is 7.85. The molecule has 190 valence electrons. The number of ether oxygens (including phenoxy) is 1. The number of carbonyl (C=O) groups excluding carboxylic acids is 1. The van der Waals surface area contributed by atoms with Gasteiger partial charge >= 0.3 is 29.6 Å². The summed E-state index contributed by atoms with van der Waals surface area (Å²) in [6.45, 7) is 1.55. The fourth-order valence-electron chi connectivity index (χ4n) is 3.59. The summed E-state index contributed by atoms with van der Waals surface area (Å²) in [7, 11) is -3.30. The van der Waals surface area contributed by atoms with Crippen molar-refractivity contribution >= 4 is 67.1 Å². The SMILES string of the molecule is COc1ccc(NC(=O)c2cc3ccccc3c(N=Nc3ccc(C)c(Cl)c3S(=O)(=O)O)c2[O-])cc1Cl.[Na+]. The van der Waals surface area contributed by atoms with Gasteiger partial charge in [-0.2, -0.15) is 13.5 Å². The number of carbonyl (C=O) groups is 1. The molecule has 2 N–H and O–H groups in total. The molecule has 0 spiro atoms. The quantitative estimate of drug-likeness (QED) is 0.203. The molecule has 9 nitrogen and oxygen atoms in total. The second-order valence-corrected chi connectivity index (χ2v) is 9.99. The number of azo groups is 1. The van der Waals surface area contributed by atoms with Gasteiger partial charge in [0, 0.05) is 16.6 Å². The molecule has 0 saturated heterocycles. The monoisotopic (exact) mass is 581 g/mol. The van der Waals surface area contributed by atoms with E-state index < -0.39 is 26.7 Å². The van der Waals surface area contributed by atoms with Crippen LogP contribution in [0.5, 0.6) is 11.5 Å². The van der Waals surface area contributed by atoms with Crippen molar-refractivity contribution in [2.45, 2.75) is 11.8 Å². The number of aryl methyl sites for hydroxylation is 1. The van der Waals surface area contributed by atoms with Gasteiger partial charge < -0.3 is 15.2 Å². The summed E-state index contributed by atoms with van der Waals surface area (Å²) in [5.41, 5.74) is 0.0222. The molecule has 4 aromatic carbocycles. The van der Waals surface area contributed by atoms with E-state index in [0.29, 0.717) is 27.8 Å². The molecule has 0 aliphatic heterocycles. The van der Waals surface area contributed by atoms with E-state index in [4.69, 9.17) is 27.9 Å². The first-order valence-electron chi connectivity index (χ1n) is 10.6. The third kappa shape index (κ3) is 6.13. The van der Waals surface area contributed by atoms with Crippen LogP contribution >= 0.6 is 23.2 Å². The molecule has 0 heterocycles. The van der Waals surface area contributed by atoms with Crippen molar-refractivity contribution < 1.29 is 57.2 Å². The normalized spacial score (nSPS) is 11.4. The Kier molecular flexibility index (Phi) is 9.43. The maximum Gasteiger partial charge on any atom is 1.00 e. The summed E-state index contributed by atoms with van der Waals surface area (Å²) < 4.78 is 38.6. The van der Waals surface area contributed by atoms with Crippen molar-refractivity contribution in [1.82, 2.24) is 0 Å². The van der Waals surface area contributed by atoms with E-state index in [1.807, 2.05) is 0 Å². The Morgan fingerprint density at radius 3 is 2.42 bits per heavy atom. The first kappa shape index (κ1) is 29.9. The molecule has 0 fully saturated rings. The van der Waals surface area contributed by atoms with Crippen molar-refractivity contribution in [2.24, 2.45) is 10.2 Å². The molecule has 0 bridgehead atoms. The van der Waals surface area contributed by atoms with Crippen molar-refractivity contribution in [2.75, 3.05) is 12.4 Å². The van der Waals surface area contributed by atoms with Gasteiger partial charge in [-0.3, -0.25) is 9.35 Å². The van der Waals surface area contributed by atoms with Gasteiger partial charge in [0.2, 0.25) is 0 Å². The van der Waals surface area contributed by atoms with Gasteiger partial charge in [-0.15, -0.1) is 5.11 Å². The van der Waals surface area contributed by atoms with E-state index in [0.717, 1.165) is 0 Å². The largest absolute Gasteiger partial charge is 1.00 e. The average molecular weight is 582 g/mol. The molecule has 0 aliphatic rings. The van der Waals surface area contributed by atoms with E-state index in [1.54, 1.807) is 43.3 Å². The molecule has 4 aromatic rings. The minimum absolute atomic E-state index is 0. The van der Waals surface area contributed by atoms with Crippen molar-refractivity contribution in [3.05, 3.63) is 81.8 Å². The molecule has 0 aromatic heterocycles. The van der Waals surface area contributed by atoms with E-state index in [1.165, 1.54) is 31.4 Å². The van der Waals surface area contributed by atoms with Crippen LogP contribution < -0.4 is 44.7 Å². The van der Waals surface area contributed by atoms with E-state index in [2.05, 4.69) is 15.5 Å². The van der Waals surface area contributed by atoms with Gasteiger partial charge in [0.25, 0.3) is 16.0 Å². The van der Waals surface area contributed by atoms with Gasteiger partial charge in [0.15, 0.2) is 0 Å². The van der Waals surface area contributed by atoms with Crippen LogP contribution in [-0.2, 0) is 10.1 Å². The summed E-state index contributed by atoms with van der Waals surface area (Å²) >= 11 is 12.2. The summed E-state index contributed by atoms with van der Waals surface area (Å²) in [6.07, 6.45) is 0. The van der Waals surface area contributed by atoms with Gasteiger partial charge in [0.1, 0.15) is 16.3 Å². The average Bonchev–Trinajstić information content (AvgIpc) is 2.84. The number of nitrogens with zero attached hydrogens (tertiary/aromatic N) is 2. The van der Waals surface area contributed by atoms with Crippen LogP contribution in [0, 0.1) is 6.92 Å². The molecule has 4 rings (SSSR count). The standard InChI is InChI=1S/C25H19Cl2N3O6S.Na/c1-13-7-9-19(24(21(13)27)37(33,34)35)29-30-22-16-6-4-3-5-14(16)11-17(23(22)31)25(32)28-15-8-10-20(36-2)18(26)12-15;/h3-12,31H,1-2H3,(H,28,32)(H,33,34,35);/q;+1/p-1. The van der Waals surface area contributed by atoms with Gasteiger partial charge in [-0.05, 0) is 48.2 Å². The fourth-order valence-corrected chi connectivity index (χ4v) is 5.06. The molecule has 0 saturated carbocycles. The van der Waals surface area contributed by atoms with Gasteiger partial charge in [-0.1, -0.05) is 59.3 Å². The summed E-state index contributed by atoms with van der Waals surface area (Å²) in [5.74, 6) is -1.05. The molecular weight excluding hydrogens is 564 g/mol. The Labute approximate surface area is 250 Å². The van der Waals surface area contributed by atoms with Crippen molar-refractivity contribution in [3.63, 3.8) is 0 Å². The topological polar surface area (TPSA) is 140 Å². The molecule has 38 heavy (non-hydrogen) atoms. The summed E-state index contributed by atoms with van der Waals surface area (Å²) in [6, 6.07) is 15.5. The Morgan fingerprint density at radius 2 is 1.76 bits per heavy atom. The van der Waals surface area contributed by atoms with E-state index >= 15 is 0 Å². The second kappa shape index (κ2) is 12.0. The molecular formula is C25H18Cl2N3NaO6S. The van der Waals surface area contributed by atoms with Crippen LogP contribution in [0.15, 0.2) is 75.8 Å². The van der Waals surface area contributed by atoms with Crippen molar-refractivity contribution in [3.8, 4) is 11.5 Å². The van der Waals surface area contributed by atoms with E-state index in [9.17, 15) is 22.9 Å². The van der Waals surface area contributed by atoms with Crippen molar-refractivity contribution in [1.29, 1.82) is 0 Å². The molecule has 1 amide bonds. The first-order chi connectivity index (χ1) is 17.5. The zero-order valence-electron chi connectivity index (χ0n) is 20.3. The van der Waals surface area contributed by atoms with Crippen LogP contribution in [-0.4, -0.2) is 26.0 Å². The van der Waals surface area contributed by atoms with Crippen LogP contribution in [0.2, 0.25) is 10.0 Å². The number of rotatable bonds is 6. The Balaban J connectivity index is 0.00000400. The Hall–Kier alpha value is -2.70. The number of methoxy groups -OCH3 is 1. The van der Waals surface area contributed by atoms with Crippen LogP contribution in [0.3, 0.4) is 0 Å². The number of halogens is 2. The fraction of sp³-hybridized carbons (Fsp3) is 0.0800. The number of benzene rings is 4. The third-order valence-electron chi connectivity index (χ3n) is 5.41. The summed E-state index contributed by atoms with van der Waals surface area (Å²) in [5, 5.41) is 24.8. The summed E-state index contributed by atoms with van der Waals surface area (Å²) in [4.78, 5) is 12.4. The Bertz CT molecular complexity index is 1700. The zero-order valence-corrected chi connectivity index (χ0v) is 24.6. The molecule has 0 radical (unpaired) electrons. The molecule has 0 atom stereocenters. The molecule has 0 aliphatic carbocycles. The third-order valence-corrected chi connectivity index (χ3v) is 7.24. The number of amides is 1. The number of fused-ring (bicyclic) bond motifs is 1. The maximum atomic E-state index is 13.4. The molecule has 13 heteroatoms. The predicted molar refractivity (Wildman–Crippen MR) is 140 cm³/mol. The van der Waals surface area contributed by atoms with Crippen LogP contribution in [0.25, 0.3) is 10.8 Å². The zero-order chi connectivity index (χ0) is 26.9. The van der Waals surface area contributed by atoms with Crippen LogP contribution in [0.1, 0.15) is 15.9 Å². The van der Waals surface area contributed by atoms with Gasteiger partial charge in [0.05, 0.1) is 22.8 Å².